The molecule has 3 N–H and O–H groups in total. The summed E-state index contributed by atoms with van der Waals surface area (Å²) in [6.45, 7) is 6.57. The Labute approximate surface area is 213 Å². The molecule has 3 aromatic heterocycles. The highest BCUT2D eigenvalue weighted by molar-refractivity contribution is 6.32. The summed E-state index contributed by atoms with van der Waals surface area (Å²) in [4.78, 5) is 19.5. The summed E-state index contributed by atoms with van der Waals surface area (Å²) in [5, 5.41) is 13.3. The Morgan fingerprint density at radius 3 is 2.64 bits per heavy atom. The van der Waals surface area contributed by atoms with Gasteiger partial charge in [-0.3, -0.25) is 20.0 Å². The maximum Gasteiger partial charge on any atom is 0.229 e. The zero-order valence-corrected chi connectivity index (χ0v) is 20.8. The molecule has 0 spiro atoms. The van der Waals surface area contributed by atoms with E-state index in [2.05, 4.69) is 45.7 Å². The topological polar surface area (TPSA) is 108 Å². The van der Waals surface area contributed by atoms with Gasteiger partial charge in [0.05, 0.1) is 17.6 Å². The first kappa shape index (κ1) is 24.1. The van der Waals surface area contributed by atoms with Gasteiger partial charge in [0.2, 0.25) is 5.95 Å². The van der Waals surface area contributed by atoms with Crippen molar-refractivity contribution in [2.45, 2.75) is 39.2 Å². The summed E-state index contributed by atoms with van der Waals surface area (Å²) < 4.78 is 15.2. The van der Waals surface area contributed by atoms with Gasteiger partial charge in [-0.15, -0.1) is 0 Å². The third kappa shape index (κ3) is 5.60. The highest BCUT2D eigenvalue weighted by Gasteiger charge is 2.23. The Balaban J connectivity index is 1.25. The smallest absolute Gasteiger partial charge is 0.229 e. The monoisotopic (exact) mass is 507 g/mol. The van der Waals surface area contributed by atoms with Crippen LogP contribution in [0.25, 0.3) is 0 Å². The third-order valence-corrected chi connectivity index (χ3v) is 6.60. The molecule has 1 aromatic carbocycles. The van der Waals surface area contributed by atoms with Gasteiger partial charge in [-0.1, -0.05) is 11.6 Å². The van der Waals surface area contributed by atoms with Gasteiger partial charge in [0.1, 0.15) is 10.8 Å². The van der Waals surface area contributed by atoms with E-state index in [4.69, 9.17) is 11.6 Å². The zero-order chi connectivity index (χ0) is 25.1. The molecule has 0 radical (unpaired) electrons. The van der Waals surface area contributed by atoms with E-state index >= 15 is 4.39 Å². The molecule has 36 heavy (non-hydrogen) atoms. The van der Waals surface area contributed by atoms with Crippen LogP contribution in [0, 0.1) is 19.7 Å². The SMILES string of the molecule is Cc1cc(Nc2nc(Nc3cc(C)c(C4CCN(Cc5cnccn5)CC4)cc3F)ncc2Cl)n[nH]1. The zero-order valence-electron chi connectivity index (χ0n) is 20.1. The second kappa shape index (κ2) is 10.5. The molecule has 0 amide bonds. The lowest BCUT2D eigenvalue weighted by molar-refractivity contribution is 0.202. The average molecular weight is 508 g/mol. The molecule has 0 aliphatic carbocycles. The fourth-order valence-electron chi connectivity index (χ4n) is 4.51. The van der Waals surface area contributed by atoms with E-state index in [0.717, 1.165) is 55.0 Å². The maximum absolute atomic E-state index is 15.2. The van der Waals surface area contributed by atoms with E-state index in [0.29, 0.717) is 28.3 Å². The van der Waals surface area contributed by atoms with Gasteiger partial charge < -0.3 is 10.6 Å². The number of likely N-dealkylation sites (tertiary alicyclic amines) is 1. The van der Waals surface area contributed by atoms with Crippen molar-refractivity contribution in [1.29, 1.82) is 0 Å². The number of piperidine rings is 1. The molecule has 1 fully saturated rings. The number of anilines is 4. The van der Waals surface area contributed by atoms with E-state index in [9.17, 15) is 0 Å². The van der Waals surface area contributed by atoms with Crippen LogP contribution < -0.4 is 10.6 Å². The van der Waals surface area contributed by atoms with Crippen LogP contribution in [0.15, 0.2) is 43.0 Å². The number of nitrogens with zero attached hydrogens (tertiary/aromatic N) is 6. The third-order valence-electron chi connectivity index (χ3n) is 6.33. The Bertz CT molecular complexity index is 1340. The number of benzene rings is 1. The first-order valence-electron chi connectivity index (χ1n) is 11.8. The highest BCUT2D eigenvalue weighted by Crippen LogP contribution is 2.34. The summed E-state index contributed by atoms with van der Waals surface area (Å²) in [7, 11) is 0. The van der Waals surface area contributed by atoms with E-state index in [1.54, 1.807) is 24.7 Å². The van der Waals surface area contributed by atoms with Gasteiger partial charge in [-0.2, -0.15) is 10.1 Å². The fourth-order valence-corrected chi connectivity index (χ4v) is 4.65. The van der Waals surface area contributed by atoms with Gasteiger partial charge in [0, 0.05) is 36.9 Å². The summed E-state index contributed by atoms with van der Waals surface area (Å²) in [6.07, 6.45) is 8.61. The van der Waals surface area contributed by atoms with Crippen molar-refractivity contribution in [1.82, 2.24) is 35.0 Å². The molecule has 1 aliphatic rings. The van der Waals surface area contributed by atoms with Crippen molar-refractivity contribution in [2.75, 3.05) is 23.7 Å². The molecule has 1 saturated heterocycles. The minimum atomic E-state index is -0.339. The first-order valence-corrected chi connectivity index (χ1v) is 12.2. The second-order valence-corrected chi connectivity index (χ2v) is 9.42. The highest BCUT2D eigenvalue weighted by atomic mass is 35.5. The summed E-state index contributed by atoms with van der Waals surface area (Å²) >= 11 is 6.24. The molecule has 0 unspecified atom stereocenters. The molecule has 4 aromatic rings. The van der Waals surface area contributed by atoms with Crippen molar-refractivity contribution in [2.24, 2.45) is 0 Å². The molecule has 0 atom stereocenters. The maximum atomic E-state index is 15.2. The number of rotatable bonds is 7. The van der Waals surface area contributed by atoms with Crippen molar-refractivity contribution in [3.8, 4) is 0 Å². The predicted octanol–water partition coefficient (Wildman–Crippen LogP) is 5.27. The largest absolute Gasteiger partial charge is 0.322 e. The van der Waals surface area contributed by atoms with Crippen LogP contribution in [0.5, 0.6) is 0 Å². The van der Waals surface area contributed by atoms with E-state index in [-0.39, 0.29) is 11.8 Å². The number of halogens is 2. The molecular formula is C25H27ClFN9. The summed E-state index contributed by atoms with van der Waals surface area (Å²) in [6, 6.07) is 5.29. The Morgan fingerprint density at radius 2 is 1.92 bits per heavy atom. The van der Waals surface area contributed by atoms with Crippen LogP contribution >= 0.6 is 11.6 Å². The first-order chi connectivity index (χ1) is 17.4. The number of nitrogens with one attached hydrogen (secondary N) is 3. The minimum Gasteiger partial charge on any atom is -0.322 e. The van der Waals surface area contributed by atoms with Gasteiger partial charge in [-0.05, 0) is 69.0 Å². The summed E-state index contributed by atoms with van der Waals surface area (Å²) in [5.41, 5.74) is 4.27. The molecule has 11 heteroatoms. The average Bonchev–Trinajstić information content (AvgIpc) is 3.29. The normalized spacial score (nSPS) is 14.7. The number of hydrogen-bond acceptors (Lipinski definition) is 8. The number of aromatic nitrogens is 6. The van der Waals surface area contributed by atoms with Crippen LogP contribution in [0.1, 0.15) is 41.3 Å². The molecule has 4 heterocycles. The Hall–Kier alpha value is -3.63. The lowest BCUT2D eigenvalue weighted by atomic mass is 9.86. The molecule has 0 saturated carbocycles. The lowest BCUT2D eigenvalue weighted by Crippen LogP contribution is -2.33. The molecule has 9 nitrogen and oxygen atoms in total. The van der Waals surface area contributed by atoms with E-state index in [1.807, 2.05) is 26.0 Å². The van der Waals surface area contributed by atoms with Crippen LogP contribution in [0.3, 0.4) is 0 Å². The van der Waals surface area contributed by atoms with Gasteiger partial charge in [0.25, 0.3) is 0 Å². The number of H-pyrrole nitrogens is 1. The Kier molecular flexibility index (Phi) is 7.06. The van der Waals surface area contributed by atoms with Crippen LogP contribution in [0.2, 0.25) is 5.02 Å². The molecule has 5 rings (SSSR count). The van der Waals surface area contributed by atoms with Crippen molar-refractivity contribution in [3.05, 3.63) is 76.3 Å². The number of aromatic amines is 1. The van der Waals surface area contributed by atoms with Gasteiger partial charge >= 0.3 is 0 Å². The van der Waals surface area contributed by atoms with Crippen molar-refractivity contribution in [3.63, 3.8) is 0 Å². The molecule has 186 valence electrons. The second-order valence-electron chi connectivity index (χ2n) is 9.01. The molecular weight excluding hydrogens is 481 g/mol. The van der Waals surface area contributed by atoms with Crippen LogP contribution in [0.4, 0.5) is 27.7 Å². The minimum absolute atomic E-state index is 0.234. The summed E-state index contributed by atoms with van der Waals surface area (Å²) in [5.74, 6) is 1.16. The molecule has 1 aliphatic heterocycles. The van der Waals surface area contributed by atoms with Crippen LogP contribution in [-0.2, 0) is 6.54 Å². The fraction of sp³-hybridized carbons (Fsp3) is 0.320. The number of aryl methyl sites for hydroxylation is 2. The number of hydrogen-bond donors (Lipinski definition) is 3. The predicted molar refractivity (Wildman–Crippen MR) is 137 cm³/mol. The Morgan fingerprint density at radius 1 is 1.08 bits per heavy atom. The van der Waals surface area contributed by atoms with Gasteiger partial charge in [0.15, 0.2) is 11.6 Å². The van der Waals surface area contributed by atoms with Gasteiger partial charge in [-0.25, -0.2) is 9.37 Å². The van der Waals surface area contributed by atoms with E-state index < -0.39 is 0 Å². The van der Waals surface area contributed by atoms with Crippen molar-refractivity contribution < 1.29 is 4.39 Å². The van der Waals surface area contributed by atoms with Crippen molar-refractivity contribution >= 4 is 34.9 Å². The van der Waals surface area contributed by atoms with Crippen LogP contribution in [-0.4, -0.2) is 48.1 Å². The molecule has 0 bridgehead atoms. The quantitative estimate of drug-likeness (QED) is 0.310. The van der Waals surface area contributed by atoms with E-state index in [1.165, 1.54) is 6.20 Å². The lowest BCUT2D eigenvalue weighted by Gasteiger charge is -2.32. The standard InChI is InChI=1S/C25H27ClFN9/c1-15-9-22(31-25-30-13-20(26)24(33-25)32-23-10-16(2)34-35-23)21(27)11-19(15)17-3-7-36(8-4-17)14-18-12-28-5-6-29-18/h5-6,9-13,17H,3-4,7-8,14H2,1-2H3,(H3,30,31,32,33,34,35).